The molecule has 0 saturated carbocycles. The van der Waals surface area contributed by atoms with Gasteiger partial charge < -0.3 is 18.3 Å². The zero-order valence-electron chi connectivity index (χ0n) is 30.2. The fraction of sp³-hybridized carbons (Fsp3) is 0.450. The Balaban J connectivity index is 1.61. The lowest BCUT2D eigenvalue weighted by Gasteiger charge is -2.55. The van der Waals surface area contributed by atoms with Crippen molar-refractivity contribution in [2.24, 2.45) is 5.92 Å². The van der Waals surface area contributed by atoms with Gasteiger partial charge in [0.25, 0.3) is 5.91 Å². The van der Waals surface area contributed by atoms with E-state index < -0.39 is 51.5 Å². The summed E-state index contributed by atoms with van der Waals surface area (Å²) in [5, 5.41) is -0.00588. The summed E-state index contributed by atoms with van der Waals surface area (Å²) in [5.41, 5.74) is -1.23. The highest BCUT2D eigenvalue weighted by Crippen LogP contribution is 2.56. The zero-order chi connectivity index (χ0) is 35.7. The van der Waals surface area contributed by atoms with Gasteiger partial charge in [-0.3, -0.25) is 4.79 Å². The molecule has 2 fully saturated rings. The Hall–Kier alpha value is -3.53. The molecule has 3 aliphatic heterocycles. The molecule has 2 aromatic carbocycles. The summed E-state index contributed by atoms with van der Waals surface area (Å²) >= 11 is 0. The predicted molar refractivity (Wildman–Crippen MR) is 199 cm³/mol. The fourth-order valence-electron chi connectivity index (χ4n) is 6.69. The van der Waals surface area contributed by atoms with E-state index in [0.717, 1.165) is 11.1 Å². The molecule has 0 aliphatic carbocycles. The van der Waals surface area contributed by atoms with Crippen LogP contribution in [0.25, 0.3) is 0 Å². The third kappa shape index (κ3) is 7.79. The number of amides is 2. The average Bonchev–Trinajstić information content (AvgIpc) is 3.58. The minimum Gasteiger partial charge on any atom is -0.446 e. The van der Waals surface area contributed by atoms with Crippen LogP contribution in [0.4, 0.5) is 4.79 Å². The third-order valence-corrected chi connectivity index (χ3v) is 15.5. The van der Waals surface area contributed by atoms with Crippen LogP contribution < -0.4 is 0 Å². The molecule has 260 valence electrons. The van der Waals surface area contributed by atoms with Crippen molar-refractivity contribution < 1.29 is 27.9 Å². The van der Waals surface area contributed by atoms with Crippen LogP contribution in [0.1, 0.15) is 50.8 Å². The molecule has 2 saturated heterocycles. The number of fused-ring (bicyclic) bond motifs is 2. The van der Waals surface area contributed by atoms with E-state index in [1.165, 1.54) is 11.0 Å². The van der Waals surface area contributed by atoms with E-state index in [2.05, 4.69) is 78.0 Å². The standard InChI is InChI=1S/C40H51NO6Si2/c1-10-17-34-39(25-23-35(42)41-33(28-44-36(41)43)32-20-15-12-16-21-32)27-26-38(46-39,30-45-49(8,9)37(2,3)4)29-40(34,47-48(5,6)7)24-22-31-18-13-11-14-19-31/h10-16,18-21,23,25-27,33-34H,1,17,28-30H2,2-9H3/b25-23+/t33-,34-,38-,39+,40+/m0/s1. The van der Waals surface area contributed by atoms with Crippen molar-refractivity contribution in [2.45, 2.75) is 94.2 Å². The van der Waals surface area contributed by atoms with Gasteiger partial charge in [-0.25, -0.2) is 9.69 Å². The molecule has 7 nitrogen and oxygen atoms in total. The summed E-state index contributed by atoms with van der Waals surface area (Å²) in [6.45, 7) is 22.2. The Labute approximate surface area is 294 Å². The first-order chi connectivity index (χ1) is 22.9. The number of hydrogen-bond donors (Lipinski definition) is 0. The molecule has 2 bridgehead atoms. The number of imide groups is 1. The molecule has 0 spiro atoms. The predicted octanol–water partition coefficient (Wildman–Crippen LogP) is 8.59. The van der Waals surface area contributed by atoms with Crippen LogP contribution >= 0.6 is 0 Å². The van der Waals surface area contributed by atoms with Crippen LogP contribution in [0.3, 0.4) is 0 Å². The first-order valence-corrected chi connectivity index (χ1v) is 23.4. The smallest absolute Gasteiger partial charge is 0.417 e. The molecule has 0 N–H and O–H groups in total. The van der Waals surface area contributed by atoms with Crippen molar-refractivity contribution in [1.82, 2.24) is 4.90 Å². The molecule has 5 atom stereocenters. The molecule has 2 aromatic rings. The highest BCUT2D eigenvalue weighted by molar-refractivity contribution is 6.74. The van der Waals surface area contributed by atoms with Gasteiger partial charge >= 0.3 is 6.09 Å². The molecule has 3 aliphatic rings. The van der Waals surface area contributed by atoms with Crippen LogP contribution in [-0.4, -0.2) is 63.6 Å². The van der Waals surface area contributed by atoms with E-state index in [0.29, 0.717) is 19.4 Å². The van der Waals surface area contributed by atoms with E-state index >= 15 is 0 Å². The van der Waals surface area contributed by atoms with Gasteiger partial charge in [-0.05, 0) is 74.0 Å². The SMILES string of the molecule is C=CC[C@@H]1[C@](C#Cc2ccccc2)(O[Si](C)(C)C)C[C@]2(CO[Si](C)(C)C(C)(C)C)C=C[C@@]1(/C=C/C(=O)N1C(=O)OC[C@H]1c1ccccc1)O2. The second-order valence-electron chi connectivity index (χ2n) is 15.9. The van der Waals surface area contributed by atoms with Crippen LogP contribution in [0, 0.1) is 17.8 Å². The Morgan fingerprint density at radius 2 is 1.69 bits per heavy atom. The molecule has 5 rings (SSSR count). The number of carbonyl (C=O) groups excluding carboxylic acids is 2. The van der Waals surface area contributed by atoms with Gasteiger partial charge in [-0.15, -0.1) is 6.58 Å². The molecular formula is C40H51NO6Si2. The highest BCUT2D eigenvalue weighted by atomic mass is 28.4. The molecule has 3 heterocycles. The first-order valence-electron chi connectivity index (χ1n) is 17.1. The average molecular weight is 698 g/mol. The van der Waals surface area contributed by atoms with Gasteiger partial charge in [-0.2, -0.15) is 0 Å². The lowest BCUT2D eigenvalue weighted by atomic mass is 9.68. The van der Waals surface area contributed by atoms with Crippen LogP contribution in [0.15, 0.2) is 97.6 Å². The second kappa shape index (κ2) is 13.6. The Morgan fingerprint density at radius 3 is 2.31 bits per heavy atom. The minimum atomic E-state index is -2.25. The summed E-state index contributed by atoms with van der Waals surface area (Å²) in [7, 11) is -4.43. The van der Waals surface area contributed by atoms with Crippen molar-refractivity contribution in [1.29, 1.82) is 0 Å². The largest absolute Gasteiger partial charge is 0.446 e. The fourth-order valence-corrected chi connectivity index (χ4v) is 9.08. The normalized spacial score (nSPS) is 28.3. The molecule has 49 heavy (non-hydrogen) atoms. The summed E-state index contributed by atoms with van der Waals surface area (Å²) in [6.07, 6.45) is 9.51. The quantitative estimate of drug-likeness (QED) is 0.107. The maximum absolute atomic E-state index is 13.9. The Bertz CT molecular complexity index is 1670. The van der Waals surface area contributed by atoms with Crippen molar-refractivity contribution in [3.63, 3.8) is 0 Å². The monoisotopic (exact) mass is 697 g/mol. The van der Waals surface area contributed by atoms with Gasteiger partial charge in [0.2, 0.25) is 0 Å². The Kier molecular flexibility index (Phi) is 10.2. The summed E-state index contributed by atoms with van der Waals surface area (Å²) < 4.78 is 26.6. The maximum atomic E-state index is 13.9. The lowest BCUT2D eigenvalue weighted by molar-refractivity contribution is -0.201. The number of cyclic esters (lactones) is 1. The van der Waals surface area contributed by atoms with Crippen LogP contribution in [-0.2, 0) is 23.1 Å². The van der Waals surface area contributed by atoms with Crippen molar-refractivity contribution in [3.05, 3.63) is 109 Å². The van der Waals surface area contributed by atoms with E-state index in [9.17, 15) is 9.59 Å². The van der Waals surface area contributed by atoms with Gasteiger partial charge in [0.05, 0.1) is 6.61 Å². The van der Waals surface area contributed by atoms with E-state index in [1.54, 1.807) is 6.08 Å². The zero-order valence-corrected chi connectivity index (χ0v) is 32.2. The van der Waals surface area contributed by atoms with E-state index in [-0.39, 0.29) is 17.6 Å². The van der Waals surface area contributed by atoms with Gasteiger partial charge in [0.1, 0.15) is 29.5 Å². The number of benzene rings is 2. The van der Waals surface area contributed by atoms with Crippen molar-refractivity contribution >= 4 is 28.6 Å². The topological polar surface area (TPSA) is 74.3 Å². The highest BCUT2D eigenvalue weighted by Gasteiger charge is 2.64. The van der Waals surface area contributed by atoms with Gasteiger partial charge in [0.15, 0.2) is 16.6 Å². The number of rotatable bonds is 10. The van der Waals surface area contributed by atoms with Gasteiger partial charge in [-0.1, -0.05) is 93.3 Å². The van der Waals surface area contributed by atoms with E-state index in [1.807, 2.05) is 72.8 Å². The molecular weight excluding hydrogens is 647 g/mol. The maximum Gasteiger partial charge on any atom is 0.417 e. The number of carbonyl (C=O) groups is 2. The first kappa shape index (κ1) is 36.7. The lowest BCUT2D eigenvalue weighted by Crippen LogP contribution is -2.64. The summed E-state index contributed by atoms with van der Waals surface area (Å²) in [4.78, 5) is 28.0. The van der Waals surface area contributed by atoms with Crippen molar-refractivity contribution in [3.8, 4) is 11.8 Å². The number of hydrogen-bond acceptors (Lipinski definition) is 6. The second-order valence-corrected chi connectivity index (χ2v) is 25.2. The molecule has 0 unspecified atom stereocenters. The third-order valence-electron chi connectivity index (χ3n) is 10.0. The summed E-state index contributed by atoms with van der Waals surface area (Å²) in [6, 6.07) is 18.8. The Morgan fingerprint density at radius 1 is 1.04 bits per heavy atom. The van der Waals surface area contributed by atoms with E-state index in [4.69, 9.17) is 18.3 Å². The minimum absolute atomic E-state index is 0.00588. The number of nitrogens with zero attached hydrogens (tertiary/aromatic N) is 1. The molecule has 0 aromatic heterocycles. The molecule has 0 radical (unpaired) electrons. The number of allylic oxidation sites excluding steroid dienone is 1. The van der Waals surface area contributed by atoms with Gasteiger partial charge in [0, 0.05) is 24.0 Å². The van der Waals surface area contributed by atoms with Crippen LogP contribution in [0.5, 0.6) is 0 Å². The molecule has 2 amide bonds. The van der Waals surface area contributed by atoms with Crippen molar-refractivity contribution in [2.75, 3.05) is 13.2 Å². The van der Waals surface area contributed by atoms with Crippen LogP contribution in [0.2, 0.25) is 37.8 Å². The molecule has 9 heteroatoms. The number of ether oxygens (including phenoxy) is 2. The summed E-state index contributed by atoms with van der Waals surface area (Å²) in [5.74, 6) is 6.25.